The van der Waals surface area contributed by atoms with Gasteiger partial charge in [-0.05, 0) is 55.7 Å². The highest BCUT2D eigenvalue weighted by molar-refractivity contribution is 8.00. The molecular weight excluding hydrogens is 424 g/mol. The maximum atomic E-state index is 12.7. The molecule has 0 saturated carbocycles. The number of nitrogens with one attached hydrogen (secondary N) is 1. The highest BCUT2D eigenvalue weighted by Crippen LogP contribution is 2.29. The van der Waals surface area contributed by atoms with E-state index in [4.69, 9.17) is 9.47 Å². The van der Waals surface area contributed by atoms with E-state index in [9.17, 15) is 4.79 Å². The molecule has 0 aliphatic carbocycles. The Morgan fingerprint density at radius 3 is 2.66 bits per heavy atom. The van der Waals surface area contributed by atoms with Gasteiger partial charge in [-0.1, -0.05) is 36.0 Å². The van der Waals surface area contributed by atoms with Gasteiger partial charge in [0.25, 0.3) is 0 Å². The van der Waals surface area contributed by atoms with Crippen molar-refractivity contribution in [2.45, 2.75) is 30.7 Å². The number of hydrogen-bond acceptors (Lipinski definition) is 6. The molecule has 0 saturated heterocycles. The Balaban J connectivity index is 1.42. The number of para-hydroxylation sites is 1. The minimum Gasteiger partial charge on any atom is -0.493 e. The Kier molecular flexibility index (Phi) is 6.50. The van der Waals surface area contributed by atoms with Crippen molar-refractivity contribution in [3.63, 3.8) is 0 Å². The number of benzene rings is 2. The predicted molar refractivity (Wildman–Crippen MR) is 127 cm³/mol. The van der Waals surface area contributed by atoms with Gasteiger partial charge in [-0.25, -0.2) is 0 Å². The van der Waals surface area contributed by atoms with Crippen molar-refractivity contribution < 1.29 is 14.3 Å². The summed E-state index contributed by atoms with van der Waals surface area (Å²) in [6.07, 6.45) is 0.696. The molecule has 4 aromatic rings. The lowest BCUT2D eigenvalue weighted by Crippen LogP contribution is -2.32. The molecule has 1 unspecified atom stereocenters. The number of fused-ring (bicyclic) bond motifs is 3. The fourth-order valence-electron chi connectivity index (χ4n) is 3.67. The van der Waals surface area contributed by atoms with Gasteiger partial charge in [-0.2, -0.15) is 0 Å². The van der Waals surface area contributed by atoms with Crippen LogP contribution in [0.15, 0.2) is 53.7 Å². The van der Waals surface area contributed by atoms with E-state index in [1.54, 1.807) is 14.2 Å². The Morgan fingerprint density at radius 2 is 1.88 bits per heavy atom. The normalized spacial score (nSPS) is 12.1. The zero-order chi connectivity index (χ0) is 22.7. The standard InChI is InChI=1S/C24H26N4O3S/c1-15-13-22-26-27-24(28(22)19-8-6-5-7-18(15)19)32-16(2)23(29)25-12-11-17-9-10-20(30-3)21(14-17)31-4/h5-10,13-14,16H,11-12H2,1-4H3,(H,25,29). The van der Waals surface area contributed by atoms with Crippen LogP contribution in [0, 0.1) is 6.92 Å². The number of thioether (sulfide) groups is 1. The molecule has 0 fully saturated rings. The van der Waals surface area contributed by atoms with Gasteiger partial charge < -0.3 is 14.8 Å². The molecule has 166 valence electrons. The zero-order valence-electron chi connectivity index (χ0n) is 18.6. The third-order valence-electron chi connectivity index (χ3n) is 5.39. The van der Waals surface area contributed by atoms with Crippen LogP contribution in [0.25, 0.3) is 16.6 Å². The first kappa shape index (κ1) is 22.0. The van der Waals surface area contributed by atoms with Gasteiger partial charge >= 0.3 is 0 Å². The number of aromatic nitrogens is 3. The lowest BCUT2D eigenvalue weighted by molar-refractivity contribution is -0.120. The summed E-state index contributed by atoms with van der Waals surface area (Å²) in [4.78, 5) is 12.7. The second-order valence-corrected chi connectivity index (χ2v) is 8.82. The SMILES string of the molecule is COc1ccc(CCNC(=O)C(C)Sc2nnc3cc(C)c4ccccc4n23)cc1OC. The molecule has 2 heterocycles. The number of carbonyl (C=O) groups excluding carboxylic acids is 1. The lowest BCUT2D eigenvalue weighted by atomic mass is 10.1. The lowest BCUT2D eigenvalue weighted by Gasteiger charge is -2.13. The minimum absolute atomic E-state index is 0.0383. The number of pyridine rings is 1. The molecule has 0 aliphatic rings. The van der Waals surface area contributed by atoms with E-state index in [0.29, 0.717) is 29.6 Å². The van der Waals surface area contributed by atoms with Crippen LogP contribution in [-0.2, 0) is 11.2 Å². The molecule has 0 radical (unpaired) electrons. The Labute approximate surface area is 191 Å². The average Bonchev–Trinajstić information content (AvgIpc) is 3.21. The molecule has 0 aliphatic heterocycles. The number of methoxy groups -OCH3 is 2. The molecule has 1 atom stereocenters. The number of amides is 1. The van der Waals surface area contributed by atoms with E-state index in [2.05, 4.69) is 34.6 Å². The second kappa shape index (κ2) is 9.48. The van der Waals surface area contributed by atoms with E-state index < -0.39 is 0 Å². The van der Waals surface area contributed by atoms with Crippen molar-refractivity contribution in [2.24, 2.45) is 0 Å². The van der Waals surface area contributed by atoms with E-state index >= 15 is 0 Å². The topological polar surface area (TPSA) is 77.8 Å². The van der Waals surface area contributed by atoms with Gasteiger partial charge in [0.15, 0.2) is 22.3 Å². The fourth-order valence-corrected chi connectivity index (χ4v) is 4.56. The summed E-state index contributed by atoms with van der Waals surface area (Å²) in [5.74, 6) is 1.33. The number of rotatable bonds is 8. The fraction of sp³-hybridized carbons (Fsp3) is 0.292. The molecule has 2 aromatic carbocycles. The van der Waals surface area contributed by atoms with Crippen molar-refractivity contribution in [1.82, 2.24) is 19.9 Å². The quantitative estimate of drug-likeness (QED) is 0.408. The van der Waals surface area contributed by atoms with Crippen LogP contribution >= 0.6 is 11.8 Å². The van der Waals surface area contributed by atoms with Crippen LogP contribution < -0.4 is 14.8 Å². The number of nitrogens with zero attached hydrogens (tertiary/aromatic N) is 3. The smallest absolute Gasteiger partial charge is 0.233 e. The second-order valence-electron chi connectivity index (χ2n) is 7.51. The van der Waals surface area contributed by atoms with E-state index in [-0.39, 0.29) is 11.2 Å². The monoisotopic (exact) mass is 450 g/mol. The summed E-state index contributed by atoms with van der Waals surface area (Å²) in [5, 5.41) is 13.2. The van der Waals surface area contributed by atoms with Crippen LogP contribution in [0.3, 0.4) is 0 Å². The van der Waals surface area contributed by atoms with E-state index in [1.807, 2.05) is 47.7 Å². The Hall–Kier alpha value is -3.26. The molecule has 1 amide bonds. The molecule has 32 heavy (non-hydrogen) atoms. The number of ether oxygens (including phenoxy) is 2. The largest absolute Gasteiger partial charge is 0.493 e. The van der Waals surface area contributed by atoms with E-state index in [0.717, 1.165) is 27.7 Å². The average molecular weight is 451 g/mol. The van der Waals surface area contributed by atoms with Gasteiger partial charge in [0.05, 0.1) is 25.0 Å². The van der Waals surface area contributed by atoms with Crippen LogP contribution in [0.1, 0.15) is 18.1 Å². The minimum atomic E-state index is -0.312. The maximum Gasteiger partial charge on any atom is 0.233 e. The van der Waals surface area contributed by atoms with Crippen molar-refractivity contribution >= 4 is 34.2 Å². The van der Waals surface area contributed by atoms with Crippen molar-refractivity contribution in [1.29, 1.82) is 0 Å². The van der Waals surface area contributed by atoms with Crippen LogP contribution in [0.2, 0.25) is 0 Å². The van der Waals surface area contributed by atoms with Crippen molar-refractivity contribution in [2.75, 3.05) is 20.8 Å². The summed E-state index contributed by atoms with van der Waals surface area (Å²) in [7, 11) is 3.22. The van der Waals surface area contributed by atoms with Gasteiger partial charge in [0.2, 0.25) is 5.91 Å². The number of carbonyl (C=O) groups is 1. The first-order valence-corrected chi connectivity index (χ1v) is 11.3. The first-order valence-electron chi connectivity index (χ1n) is 10.4. The molecule has 4 rings (SSSR count). The van der Waals surface area contributed by atoms with Crippen LogP contribution in [-0.4, -0.2) is 46.5 Å². The van der Waals surface area contributed by atoms with Crippen LogP contribution in [0.4, 0.5) is 0 Å². The molecule has 0 bridgehead atoms. The van der Waals surface area contributed by atoms with E-state index in [1.165, 1.54) is 11.8 Å². The zero-order valence-corrected chi connectivity index (χ0v) is 19.4. The summed E-state index contributed by atoms with van der Waals surface area (Å²) in [6.45, 7) is 4.48. The third kappa shape index (κ3) is 4.36. The maximum absolute atomic E-state index is 12.7. The first-order chi connectivity index (χ1) is 15.5. The summed E-state index contributed by atoms with van der Waals surface area (Å²) in [5.41, 5.74) is 4.03. The molecular formula is C24H26N4O3S. The molecule has 8 heteroatoms. The Bertz CT molecular complexity index is 1270. The van der Waals surface area contributed by atoms with Gasteiger partial charge in [-0.15, -0.1) is 10.2 Å². The van der Waals surface area contributed by atoms with Crippen molar-refractivity contribution in [3.8, 4) is 11.5 Å². The Morgan fingerprint density at radius 1 is 1.09 bits per heavy atom. The number of hydrogen-bond donors (Lipinski definition) is 1. The molecule has 7 nitrogen and oxygen atoms in total. The van der Waals surface area contributed by atoms with Gasteiger partial charge in [-0.3, -0.25) is 9.20 Å². The third-order valence-corrected chi connectivity index (χ3v) is 6.43. The van der Waals surface area contributed by atoms with Gasteiger partial charge in [0, 0.05) is 11.9 Å². The highest BCUT2D eigenvalue weighted by atomic mass is 32.2. The van der Waals surface area contributed by atoms with Crippen molar-refractivity contribution in [3.05, 3.63) is 59.7 Å². The van der Waals surface area contributed by atoms with Crippen LogP contribution in [0.5, 0.6) is 11.5 Å². The highest BCUT2D eigenvalue weighted by Gasteiger charge is 2.19. The number of aryl methyl sites for hydroxylation is 1. The molecule has 0 spiro atoms. The summed E-state index contributed by atoms with van der Waals surface area (Å²) in [6, 6.07) is 16.0. The van der Waals surface area contributed by atoms with Gasteiger partial charge in [0.1, 0.15) is 0 Å². The summed E-state index contributed by atoms with van der Waals surface area (Å²) < 4.78 is 12.6. The molecule has 1 N–H and O–H groups in total. The summed E-state index contributed by atoms with van der Waals surface area (Å²) >= 11 is 1.41. The molecule has 2 aromatic heterocycles. The predicted octanol–water partition coefficient (Wildman–Crippen LogP) is 4.05.